The van der Waals surface area contributed by atoms with E-state index in [1.807, 2.05) is 19.1 Å². The van der Waals surface area contributed by atoms with Crippen LogP contribution in [0.4, 0.5) is 0 Å². The summed E-state index contributed by atoms with van der Waals surface area (Å²) in [5.74, 6) is 0.430. The molecule has 2 rings (SSSR count). The van der Waals surface area contributed by atoms with Crippen molar-refractivity contribution in [2.45, 2.75) is 19.4 Å². The van der Waals surface area contributed by atoms with Gasteiger partial charge in [0.1, 0.15) is 11.5 Å². The molecule has 4 N–H and O–H groups in total. The summed E-state index contributed by atoms with van der Waals surface area (Å²) in [6.07, 6.45) is 0.590. The quantitative estimate of drug-likeness (QED) is 0.722. The molecule has 3 nitrogen and oxygen atoms in total. The number of hydrogen-bond acceptors (Lipinski definition) is 3. The Morgan fingerprint density at radius 1 is 1.19 bits per heavy atom. The van der Waals surface area contributed by atoms with Crippen LogP contribution in [0.15, 0.2) is 30.3 Å². The van der Waals surface area contributed by atoms with Crippen molar-refractivity contribution in [3.63, 3.8) is 0 Å². The second-order valence-electron chi connectivity index (χ2n) is 4.15. The van der Waals surface area contributed by atoms with E-state index in [1.54, 1.807) is 18.2 Å². The molecule has 0 aliphatic rings. The highest BCUT2D eigenvalue weighted by atomic mass is 16.3. The van der Waals surface area contributed by atoms with E-state index in [-0.39, 0.29) is 17.5 Å². The van der Waals surface area contributed by atoms with Crippen molar-refractivity contribution in [1.29, 1.82) is 0 Å². The molecular weight excluding hydrogens is 202 g/mol. The molecule has 16 heavy (non-hydrogen) atoms. The Bertz CT molecular complexity index is 515. The fourth-order valence-electron chi connectivity index (χ4n) is 1.89. The topological polar surface area (TPSA) is 66.5 Å². The number of hydrogen-bond donors (Lipinski definition) is 3. The van der Waals surface area contributed by atoms with Crippen molar-refractivity contribution in [1.82, 2.24) is 0 Å². The van der Waals surface area contributed by atoms with E-state index < -0.39 is 0 Å². The second-order valence-corrected chi connectivity index (χ2v) is 4.15. The maximum Gasteiger partial charge on any atom is 0.119 e. The highest BCUT2D eigenvalue weighted by molar-refractivity contribution is 5.88. The largest absolute Gasteiger partial charge is 0.508 e. The monoisotopic (exact) mass is 217 g/mol. The first-order valence-electron chi connectivity index (χ1n) is 5.27. The summed E-state index contributed by atoms with van der Waals surface area (Å²) in [6.45, 7) is 1.89. The smallest absolute Gasteiger partial charge is 0.119 e. The molecule has 0 aromatic heterocycles. The minimum absolute atomic E-state index is 0.0288. The van der Waals surface area contributed by atoms with E-state index in [4.69, 9.17) is 5.73 Å². The van der Waals surface area contributed by atoms with Gasteiger partial charge in [0.05, 0.1) is 0 Å². The molecule has 0 radical (unpaired) electrons. The number of aromatic hydroxyl groups is 2. The number of fused-ring (bicyclic) bond motifs is 1. The molecule has 0 spiro atoms. The van der Waals surface area contributed by atoms with Crippen molar-refractivity contribution < 1.29 is 10.2 Å². The Balaban J connectivity index is 2.67. The zero-order valence-corrected chi connectivity index (χ0v) is 9.14. The van der Waals surface area contributed by atoms with Crippen molar-refractivity contribution in [3.8, 4) is 11.5 Å². The second kappa shape index (κ2) is 4.02. The van der Waals surface area contributed by atoms with Crippen LogP contribution < -0.4 is 5.73 Å². The lowest BCUT2D eigenvalue weighted by Gasteiger charge is -2.11. The average molecular weight is 217 g/mol. The molecule has 0 aliphatic carbocycles. The molecule has 3 heteroatoms. The molecule has 2 aromatic carbocycles. The third kappa shape index (κ3) is 1.95. The Morgan fingerprint density at radius 2 is 1.88 bits per heavy atom. The zero-order chi connectivity index (χ0) is 11.7. The van der Waals surface area contributed by atoms with Gasteiger partial charge in [0.25, 0.3) is 0 Å². The minimum atomic E-state index is -0.0288. The van der Waals surface area contributed by atoms with Crippen molar-refractivity contribution in [2.75, 3.05) is 0 Å². The molecule has 0 fully saturated rings. The molecule has 84 valence electrons. The number of nitrogens with two attached hydrogens (primary N) is 1. The van der Waals surface area contributed by atoms with E-state index in [2.05, 4.69) is 0 Å². The first-order chi connectivity index (χ1) is 7.58. The number of phenolic OH excluding ortho intramolecular Hbond substituents is 2. The van der Waals surface area contributed by atoms with Gasteiger partial charge in [-0.2, -0.15) is 0 Å². The van der Waals surface area contributed by atoms with E-state index in [9.17, 15) is 10.2 Å². The summed E-state index contributed by atoms with van der Waals surface area (Å²) in [7, 11) is 0. The Morgan fingerprint density at radius 3 is 2.56 bits per heavy atom. The van der Waals surface area contributed by atoms with Gasteiger partial charge in [-0.05, 0) is 42.3 Å². The molecule has 0 saturated heterocycles. The number of rotatable bonds is 2. The van der Waals surface area contributed by atoms with Crippen molar-refractivity contribution in [3.05, 3.63) is 35.9 Å². The van der Waals surface area contributed by atoms with Crippen LogP contribution in [0.5, 0.6) is 11.5 Å². The predicted molar refractivity (Wildman–Crippen MR) is 64.6 cm³/mol. The molecule has 0 saturated carbocycles. The SMILES string of the molecule is CC(N)Cc1c(O)ccc2ccc(O)cc12. The standard InChI is InChI=1S/C13H15NO2/c1-8(14)6-12-11-7-10(15)4-2-9(11)3-5-13(12)16/h2-5,7-8,15-16H,6,14H2,1H3. The first kappa shape index (κ1) is 10.8. The highest BCUT2D eigenvalue weighted by Gasteiger charge is 2.09. The fraction of sp³-hybridized carbons (Fsp3) is 0.231. The first-order valence-corrected chi connectivity index (χ1v) is 5.27. The van der Waals surface area contributed by atoms with Crippen LogP contribution in [-0.4, -0.2) is 16.3 Å². The molecular formula is C13H15NO2. The lowest BCUT2D eigenvalue weighted by atomic mass is 9.98. The maximum atomic E-state index is 9.81. The third-order valence-electron chi connectivity index (χ3n) is 2.62. The minimum Gasteiger partial charge on any atom is -0.508 e. The van der Waals surface area contributed by atoms with Gasteiger partial charge >= 0.3 is 0 Å². The Hall–Kier alpha value is -1.74. The fourth-order valence-corrected chi connectivity index (χ4v) is 1.89. The summed E-state index contributed by atoms with van der Waals surface area (Å²) < 4.78 is 0. The molecule has 0 aliphatic heterocycles. The van der Waals surface area contributed by atoms with Crippen LogP contribution in [0.2, 0.25) is 0 Å². The molecule has 1 atom stereocenters. The average Bonchev–Trinajstić information content (AvgIpc) is 2.22. The lowest BCUT2D eigenvalue weighted by molar-refractivity contribution is 0.466. The van der Waals surface area contributed by atoms with E-state index in [0.29, 0.717) is 6.42 Å². The summed E-state index contributed by atoms with van der Waals surface area (Å²) in [6, 6.07) is 8.58. The summed E-state index contributed by atoms with van der Waals surface area (Å²) in [5, 5.41) is 21.1. The van der Waals surface area contributed by atoms with E-state index in [1.165, 1.54) is 0 Å². The van der Waals surface area contributed by atoms with E-state index in [0.717, 1.165) is 16.3 Å². The molecule has 0 amide bonds. The lowest BCUT2D eigenvalue weighted by Crippen LogP contribution is -2.18. The third-order valence-corrected chi connectivity index (χ3v) is 2.62. The summed E-state index contributed by atoms with van der Waals surface area (Å²) >= 11 is 0. The van der Waals surface area contributed by atoms with Crippen molar-refractivity contribution in [2.24, 2.45) is 5.73 Å². The summed E-state index contributed by atoms with van der Waals surface area (Å²) in [5.41, 5.74) is 6.54. The van der Waals surface area contributed by atoms with Gasteiger partial charge < -0.3 is 15.9 Å². The zero-order valence-electron chi connectivity index (χ0n) is 9.14. The highest BCUT2D eigenvalue weighted by Crippen LogP contribution is 2.30. The van der Waals surface area contributed by atoms with Crippen LogP contribution in [0, 0.1) is 0 Å². The number of phenols is 2. The van der Waals surface area contributed by atoms with Crippen LogP contribution in [0.25, 0.3) is 10.8 Å². The predicted octanol–water partition coefficient (Wildman–Crippen LogP) is 2.14. The Kier molecular flexibility index (Phi) is 2.71. The maximum absolute atomic E-state index is 9.81. The Labute approximate surface area is 94.1 Å². The van der Waals surface area contributed by atoms with Gasteiger partial charge in [0.2, 0.25) is 0 Å². The van der Waals surface area contributed by atoms with Gasteiger partial charge in [0, 0.05) is 11.6 Å². The molecule has 2 aromatic rings. The van der Waals surface area contributed by atoms with Gasteiger partial charge in [-0.1, -0.05) is 12.1 Å². The summed E-state index contributed by atoms with van der Waals surface area (Å²) in [4.78, 5) is 0. The van der Waals surface area contributed by atoms with Gasteiger partial charge in [-0.3, -0.25) is 0 Å². The molecule has 1 unspecified atom stereocenters. The van der Waals surface area contributed by atoms with Gasteiger partial charge in [-0.25, -0.2) is 0 Å². The van der Waals surface area contributed by atoms with E-state index >= 15 is 0 Å². The van der Waals surface area contributed by atoms with Crippen molar-refractivity contribution >= 4 is 10.8 Å². The van der Waals surface area contributed by atoms with Crippen LogP contribution in [0.1, 0.15) is 12.5 Å². The normalized spacial score (nSPS) is 12.9. The van der Waals surface area contributed by atoms with Crippen LogP contribution in [-0.2, 0) is 6.42 Å². The van der Waals surface area contributed by atoms with Crippen LogP contribution in [0.3, 0.4) is 0 Å². The van der Waals surface area contributed by atoms with Gasteiger partial charge in [-0.15, -0.1) is 0 Å². The van der Waals surface area contributed by atoms with Gasteiger partial charge in [0.15, 0.2) is 0 Å². The van der Waals surface area contributed by atoms with Crippen LogP contribution >= 0.6 is 0 Å². The molecule has 0 bridgehead atoms. The number of benzene rings is 2. The molecule has 0 heterocycles.